The molecular weight excluding hydrogens is 320 g/mol. The largest absolute Gasteiger partial charge is 0.448 e. The summed E-state index contributed by atoms with van der Waals surface area (Å²) in [5, 5.41) is 6.99. The maximum absolute atomic E-state index is 12.6. The number of nitrogens with zero attached hydrogens (tertiary/aromatic N) is 2. The van der Waals surface area contributed by atoms with Crippen LogP contribution in [-0.4, -0.2) is 35.1 Å². The third kappa shape index (κ3) is 3.15. The Bertz CT molecular complexity index is 969. The number of carbonyl (C=O) groups excluding carboxylic acids is 1. The molecule has 2 aromatic heterocycles. The number of benzene rings is 1. The van der Waals surface area contributed by atoms with E-state index >= 15 is 0 Å². The van der Waals surface area contributed by atoms with E-state index in [1.165, 1.54) is 10.9 Å². The van der Waals surface area contributed by atoms with Crippen LogP contribution in [0.25, 0.3) is 22.1 Å². The molecule has 3 heterocycles. The number of aromatic nitrogens is 2. The Balaban J connectivity index is 1.47. The van der Waals surface area contributed by atoms with Crippen molar-refractivity contribution in [1.82, 2.24) is 20.2 Å². The van der Waals surface area contributed by atoms with Crippen LogP contribution in [0.1, 0.15) is 12.8 Å². The van der Waals surface area contributed by atoms with Crippen molar-refractivity contribution in [2.75, 3.05) is 19.6 Å². The molecule has 25 heavy (non-hydrogen) atoms. The van der Waals surface area contributed by atoms with Crippen LogP contribution in [-0.2, 0) is 11.3 Å². The van der Waals surface area contributed by atoms with E-state index in [4.69, 9.17) is 4.42 Å². The van der Waals surface area contributed by atoms with Crippen molar-refractivity contribution in [3.63, 3.8) is 0 Å². The summed E-state index contributed by atoms with van der Waals surface area (Å²) in [7, 11) is 0. The van der Waals surface area contributed by atoms with Crippen molar-refractivity contribution in [2.45, 2.75) is 19.4 Å². The number of para-hydroxylation sites is 1. The summed E-state index contributed by atoms with van der Waals surface area (Å²) in [4.78, 5) is 29.0. The fourth-order valence-corrected chi connectivity index (χ4v) is 3.32. The summed E-state index contributed by atoms with van der Waals surface area (Å²) in [6.45, 7) is 2.64. The normalized spacial score (nSPS) is 17.4. The highest BCUT2D eigenvalue weighted by Gasteiger charge is 2.16. The highest BCUT2D eigenvalue weighted by molar-refractivity contribution is 6.01. The molecule has 1 amide bonds. The van der Waals surface area contributed by atoms with Crippen molar-refractivity contribution in [3.8, 4) is 0 Å². The van der Waals surface area contributed by atoms with Gasteiger partial charge in [-0.2, -0.15) is 0 Å². The molecule has 4 rings (SSSR count). The first-order valence-electron chi connectivity index (χ1n) is 8.56. The van der Waals surface area contributed by atoms with Crippen molar-refractivity contribution >= 4 is 28.0 Å². The van der Waals surface area contributed by atoms with E-state index in [9.17, 15) is 9.59 Å². The lowest BCUT2D eigenvalue weighted by atomic mass is 10.1. The summed E-state index contributed by atoms with van der Waals surface area (Å²) >= 11 is 0. The lowest BCUT2D eigenvalue weighted by Crippen LogP contribution is -2.33. The molecule has 7 nitrogen and oxygen atoms in total. The number of fused-ring (bicyclic) bond motifs is 3. The van der Waals surface area contributed by atoms with Gasteiger partial charge >= 0.3 is 0 Å². The van der Waals surface area contributed by atoms with Crippen LogP contribution >= 0.6 is 0 Å². The van der Waals surface area contributed by atoms with Gasteiger partial charge in [0, 0.05) is 11.9 Å². The maximum Gasteiger partial charge on any atom is 0.297 e. The molecule has 2 N–H and O–H groups in total. The van der Waals surface area contributed by atoms with Crippen molar-refractivity contribution in [1.29, 1.82) is 0 Å². The average molecular weight is 340 g/mol. The zero-order valence-electron chi connectivity index (χ0n) is 13.8. The Labute approximate surface area is 144 Å². The third-order valence-corrected chi connectivity index (χ3v) is 4.70. The molecule has 1 fully saturated rings. The fraction of sp³-hybridized carbons (Fsp3) is 0.389. The summed E-state index contributed by atoms with van der Waals surface area (Å²) in [6.07, 6.45) is 3.52. The Hall–Kier alpha value is -2.67. The zero-order chi connectivity index (χ0) is 17.2. The van der Waals surface area contributed by atoms with Gasteiger partial charge in [-0.3, -0.25) is 14.2 Å². The molecule has 1 saturated heterocycles. The molecule has 0 bridgehead atoms. The molecule has 0 spiro atoms. The first kappa shape index (κ1) is 15.8. The molecule has 1 atom stereocenters. The number of carbonyl (C=O) groups is 1. The minimum atomic E-state index is -0.337. The van der Waals surface area contributed by atoms with E-state index in [1.54, 1.807) is 6.07 Å². The van der Waals surface area contributed by atoms with E-state index in [1.807, 2.05) is 18.2 Å². The first-order chi connectivity index (χ1) is 12.2. The molecule has 1 aliphatic heterocycles. The lowest BCUT2D eigenvalue weighted by molar-refractivity contribution is -0.121. The van der Waals surface area contributed by atoms with Crippen LogP contribution in [0, 0.1) is 5.92 Å². The second kappa shape index (κ2) is 6.68. The smallest absolute Gasteiger partial charge is 0.297 e. The van der Waals surface area contributed by atoms with Gasteiger partial charge in [0.2, 0.25) is 11.5 Å². The van der Waals surface area contributed by atoms with Gasteiger partial charge in [0.25, 0.3) is 5.56 Å². The topological polar surface area (TPSA) is 89.2 Å². The second-order valence-electron chi connectivity index (χ2n) is 6.45. The molecule has 1 aliphatic rings. The van der Waals surface area contributed by atoms with E-state index in [0.29, 0.717) is 23.6 Å². The quantitative estimate of drug-likeness (QED) is 0.730. The summed E-state index contributed by atoms with van der Waals surface area (Å²) < 4.78 is 6.91. The number of hydrogen-bond donors (Lipinski definition) is 2. The van der Waals surface area contributed by atoms with Crippen molar-refractivity contribution < 1.29 is 9.21 Å². The number of rotatable bonds is 5. The van der Waals surface area contributed by atoms with Gasteiger partial charge < -0.3 is 15.1 Å². The molecule has 3 aromatic rings. The number of hydrogen-bond acceptors (Lipinski definition) is 5. The van der Waals surface area contributed by atoms with Crippen molar-refractivity contribution in [2.24, 2.45) is 5.92 Å². The molecular formula is C18H20N4O3. The average Bonchev–Trinajstić information content (AvgIpc) is 3.25. The monoisotopic (exact) mass is 340 g/mol. The van der Waals surface area contributed by atoms with Gasteiger partial charge in [-0.05, 0) is 44.0 Å². The Kier molecular flexibility index (Phi) is 4.23. The van der Waals surface area contributed by atoms with E-state index in [0.717, 1.165) is 31.3 Å². The van der Waals surface area contributed by atoms with Crippen LogP contribution in [0.3, 0.4) is 0 Å². The van der Waals surface area contributed by atoms with Crippen LogP contribution in [0.15, 0.2) is 39.8 Å². The van der Waals surface area contributed by atoms with Gasteiger partial charge in [-0.15, -0.1) is 0 Å². The molecule has 1 unspecified atom stereocenters. The third-order valence-electron chi connectivity index (χ3n) is 4.70. The minimum Gasteiger partial charge on any atom is -0.448 e. The minimum absolute atomic E-state index is 0.0538. The van der Waals surface area contributed by atoms with Crippen molar-refractivity contribution in [3.05, 3.63) is 40.9 Å². The van der Waals surface area contributed by atoms with Gasteiger partial charge in [-0.1, -0.05) is 12.1 Å². The SMILES string of the molecule is O=C(Cn1cnc2c(oc3ccccc32)c1=O)NCCC1CCNC1. The fourth-order valence-electron chi connectivity index (χ4n) is 3.32. The molecule has 7 heteroatoms. The molecule has 0 saturated carbocycles. The van der Waals surface area contributed by atoms with E-state index in [2.05, 4.69) is 15.6 Å². The number of nitrogens with one attached hydrogen (secondary N) is 2. The van der Waals surface area contributed by atoms with Crippen LogP contribution in [0.4, 0.5) is 0 Å². The van der Waals surface area contributed by atoms with Gasteiger partial charge in [0.05, 0.1) is 6.33 Å². The lowest BCUT2D eigenvalue weighted by Gasteiger charge is -2.10. The molecule has 130 valence electrons. The summed E-state index contributed by atoms with van der Waals surface area (Å²) in [5.74, 6) is 0.432. The predicted octanol–water partition coefficient (Wildman–Crippen LogP) is 1.26. The van der Waals surface area contributed by atoms with Crippen LogP contribution in [0.5, 0.6) is 0 Å². The predicted molar refractivity (Wildman–Crippen MR) is 94.4 cm³/mol. The van der Waals surface area contributed by atoms with Crippen LogP contribution in [0.2, 0.25) is 0 Å². The van der Waals surface area contributed by atoms with Gasteiger partial charge in [-0.25, -0.2) is 4.98 Å². The van der Waals surface area contributed by atoms with Gasteiger partial charge in [0.1, 0.15) is 17.6 Å². The Morgan fingerprint density at radius 2 is 2.28 bits per heavy atom. The standard InChI is InChI=1S/C18H20N4O3/c23-15(20-8-6-12-5-7-19-9-12)10-22-11-21-16-13-3-1-2-4-14(13)25-17(16)18(22)24/h1-4,11-12,19H,5-10H2,(H,20,23). The van der Waals surface area contributed by atoms with E-state index < -0.39 is 0 Å². The summed E-state index contributed by atoms with van der Waals surface area (Å²) in [5.41, 5.74) is 1.00. The molecule has 1 aromatic carbocycles. The van der Waals surface area contributed by atoms with Gasteiger partial charge in [0.15, 0.2) is 0 Å². The highest BCUT2D eigenvalue weighted by Crippen LogP contribution is 2.23. The maximum atomic E-state index is 12.6. The van der Waals surface area contributed by atoms with Crippen LogP contribution < -0.4 is 16.2 Å². The Morgan fingerprint density at radius 3 is 3.12 bits per heavy atom. The summed E-state index contributed by atoms with van der Waals surface area (Å²) in [6, 6.07) is 7.38. The molecule has 0 radical (unpaired) electrons. The zero-order valence-corrected chi connectivity index (χ0v) is 13.8. The second-order valence-corrected chi connectivity index (χ2v) is 6.45. The Morgan fingerprint density at radius 1 is 1.40 bits per heavy atom. The van der Waals surface area contributed by atoms with E-state index in [-0.39, 0.29) is 23.6 Å². The number of furan rings is 1. The highest BCUT2D eigenvalue weighted by atomic mass is 16.3. The molecule has 0 aliphatic carbocycles. The number of amides is 1. The first-order valence-corrected chi connectivity index (χ1v) is 8.56.